The SMILES string of the molecule is CCNC(=NCC1CC1)NCCN(CC)C1CC1. The molecular formula is C14H28N4. The maximum Gasteiger partial charge on any atom is 0.191 e. The first-order valence-corrected chi connectivity index (χ1v) is 7.59. The first-order valence-electron chi connectivity index (χ1n) is 7.59. The summed E-state index contributed by atoms with van der Waals surface area (Å²) in [5, 5.41) is 6.77. The lowest BCUT2D eigenvalue weighted by Gasteiger charge is -2.20. The van der Waals surface area contributed by atoms with Gasteiger partial charge in [-0.2, -0.15) is 0 Å². The molecule has 2 aliphatic rings. The predicted octanol–water partition coefficient (Wildman–Crippen LogP) is 1.44. The largest absolute Gasteiger partial charge is 0.357 e. The zero-order valence-corrected chi connectivity index (χ0v) is 11.9. The molecule has 2 fully saturated rings. The lowest BCUT2D eigenvalue weighted by Crippen LogP contribution is -2.42. The Morgan fingerprint density at radius 2 is 1.94 bits per heavy atom. The van der Waals surface area contributed by atoms with Crippen LogP contribution in [0.3, 0.4) is 0 Å². The third kappa shape index (κ3) is 4.84. The maximum atomic E-state index is 4.63. The van der Waals surface area contributed by atoms with E-state index in [0.29, 0.717) is 0 Å². The van der Waals surface area contributed by atoms with Crippen molar-refractivity contribution < 1.29 is 0 Å². The van der Waals surface area contributed by atoms with Crippen molar-refractivity contribution in [2.45, 2.75) is 45.6 Å². The van der Waals surface area contributed by atoms with Gasteiger partial charge in [-0.25, -0.2) is 0 Å². The van der Waals surface area contributed by atoms with E-state index in [1.54, 1.807) is 0 Å². The summed E-state index contributed by atoms with van der Waals surface area (Å²) in [6.07, 6.45) is 5.52. The van der Waals surface area contributed by atoms with Crippen LogP contribution in [0, 0.1) is 5.92 Å². The Labute approximate surface area is 111 Å². The minimum atomic E-state index is 0.860. The highest BCUT2D eigenvalue weighted by atomic mass is 15.2. The average Bonchev–Trinajstić information content (AvgIpc) is 3.25. The number of likely N-dealkylation sites (N-methyl/N-ethyl adjacent to an activating group) is 1. The fraction of sp³-hybridized carbons (Fsp3) is 0.929. The van der Waals surface area contributed by atoms with Crippen molar-refractivity contribution in [3.05, 3.63) is 0 Å². The molecule has 0 unspecified atom stereocenters. The van der Waals surface area contributed by atoms with Crippen molar-refractivity contribution in [1.82, 2.24) is 15.5 Å². The Morgan fingerprint density at radius 1 is 1.17 bits per heavy atom. The van der Waals surface area contributed by atoms with E-state index in [2.05, 4.69) is 34.4 Å². The van der Waals surface area contributed by atoms with E-state index in [-0.39, 0.29) is 0 Å². The minimum Gasteiger partial charge on any atom is -0.357 e. The van der Waals surface area contributed by atoms with E-state index in [0.717, 1.165) is 44.1 Å². The number of nitrogens with zero attached hydrogens (tertiary/aromatic N) is 2. The smallest absolute Gasteiger partial charge is 0.191 e. The third-order valence-electron chi connectivity index (χ3n) is 3.71. The maximum absolute atomic E-state index is 4.63. The lowest BCUT2D eigenvalue weighted by atomic mass is 10.4. The first kappa shape index (κ1) is 13.7. The van der Waals surface area contributed by atoms with Gasteiger partial charge >= 0.3 is 0 Å². The standard InChI is InChI=1S/C14H28N4/c1-3-15-14(17-11-12-5-6-12)16-9-10-18(4-2)13-7-8-13/h12-13H,3-11H2,1-2H3,(H2,15,16,17). The van der Waals surface area contributed by atoms with Crippen molar-refractivity contribution in [3.8, 4) is 0 Å². The van der Waals surface area contributed by atoms with Crippen molar-refractivity contribution in [2.75, 3.05) is 32.7 Å². The van der Waals surface area contributed by atoms with Crippen LogP contribution < -0.4 is 10.6 Å². The molecule has 0 saturated heterocycles. The molecule has 0 heterocycles. The number of hydrogen-bond acceptors (Lipinski definition) is 2. The Bertz CT molecular complexity index is 269. The molecule has 0 spiro atoms. The van der Waals surface area contributed by atoms with Crippen LogP contribution in [0.15, 0.2) is 4.99 Å². The Hall–Kier alpha value is -0.770. The van der Waals surface area contributed by atoms with Gasteiger partial charge in [-0.15, -0.1) is 0 Å². The van der Waals surface area contributed by atoms with Crippen molar-refractivity contribution in [1.29, 1.82) is 0 Å². The normalized spacial score (nSPS) is 20.3. The second kappa shape index (κ2) is 6.98. The van der Waals surface area contributed by atoms with Crippen LogP contribution in [-0.4, -0.2) is 49.6 Å². The van der Waals surface area contributed by atoms with E-state index in [1.165, 1.54) is 32.2 Å². The van der Waals surface area contributed by atoms with Gasteiger partial charge in [0.2, 0.25) is 0 Å². The van der Waals surface area contributed by atoms with E-state index in [4.69, 9.17) is 0 Å². The van der Waals surface area contributed by atoms with Gasteiger partial charge < -0.3 is 10.6 Å². The summed E-state index contributed by atoms with van der Waals surface area (Å²) < 4.78 is 0. The summed E-state index contributed by atoms with van der Waals surface area (Å²) in [7, 11) is 0. The van der Waals surface area contributed by atoms with Crippen LogP contribution in [0.1, 0.15) is 39.5 Å². The molecule has 2 rings (SSSR count). The Balaban J connectivity index is 1.65. The summed E-state index contributed by atoms with van der Waals surface area (Å²) >= 11 is 0. The van der Waals surface area contributed by atoms with Crippen molar-refractivity contribution in [3.63, 3.8) is 0 Å². The summed E-state index contributed by atoms with van der Waals surface area (Å²) in [6, 6.07) is 0.864. The topological polar surface area (TPSA) is 39.7 Å². The molecule has 2 saturated carbocycles. The van der Waals surface area contributed by atoms with Crippen LogP contribution in [0.2, 0.25) is 0 Å². The average molecular weight is 252 g/mol. The second-order valence-electron chi connectivity index (χ2n) is 5.45. The molecule has 18 heavy (non-hydrogen) atoms. The van der Waals surface area contributed by atoms with Gasteiger partial charge in [0, 0.05) is 32.2 Å². The fourth-order valence-corrected chi connectivity index (χ4v) is 2.22. The molecule has 2 aliphatic carbocycles. The number of aliphatic imine (C=N–C) groups is 1. The lowest BCUT2D eigenvalue weighted by molar-refractivity contribution is 0.282. The molecule has 0 aromatic rings. The van der Waals surface area contributed by atoms with Gasteiger partial charge in [-0.05, 0) is 45.1 Å². The van der Waals surface area contributed by atoms with Crippen LogP contribution >= 0.6 is 0 Å². The summed E-state index contributed by atoms with van der Waals surface area (Å²) in [6.45, 7) is 9.62. The molecule has 2 N–H and O–H groups in total. The Morgan fingerprint density at radius 3 is 2.50 bits per heavy atom. The second-order valence-corrected chi connectivity index (χ2v) is 5.45. The van der Waals surface area contributed by atoms with Gasteiger partial charge in [0.15, 0.2) is 5.96 Å². The van der Waals surface area contributed by atoms with Gasteiger partial charge in [0.1, 0.15) is 0 Å². The monoisotopic (exact) mass is 252 g/mol. The predicted molar refractivity (Wildman–Crippen MR) is 77.0 cm³/mol. The molecule has 4 nitrogen and oxygen atoms in total. The highest BCUT2D eigenvalue weighted by molar-refractivity contribution is 5.79. The molecule has 0 bridgehead atoms. The molecule has 4 heteroatoms. The number of hydrogen-bond donors (Lipinski definition) is 2. The van der Waals surface area contributed by atoms with Crippen molar-refractivity contribution in [2.24, 2.45) is 10.9 Å². The van der Waals surface area contributed by atoms with Crippen LogP contribution in [0.5, 0.6) is 0 Å². The molecule has 0 aromatic heterocycles. The molecule has 0 amide bonds. The van der Waals surface area contributed by atoms with Crippen molar-refractivity contribution >= 4 is 5.96 Å². The zero-order chi connectivity index (χ0) is 12.8. The van der Waals surface area contributed by atoms with Crippen LogP contribution in [-0.2, 0) is 0 Å². The van der Waals surface area contributed by atoms with Crippen LogP contribution in [0.4, 0.5) is 0 Å². The molecular weight excluding hydrogens is 224 g/mol. The van der Waals surface area contributed by atoms with Crippen LogP contribution in [0.25, 0.3) is 0 Å². The Kier molecular flexibility index (Phi) is 5.29. The fourth-order valence-electron chi connectivity index (χ4n) is 2.22. The molecule has 104 valence electrons. The van der Waals surface area contributed by atoms with E-state index < -0.39 is 0 Å². The summed E-state index contributed by atoms with van der Waals surface area (Å²) in [4.78, 5) is 7.20. The highest BCUT2D eigenvalue weighted by Crippen LogP contribution is 2.28. The van der Waals surface area contributed by atoms with E-state index >= 15 is 0 Å². The number of guanidine groups is 1. The highest BCUT2D eigenvalue weighted by Gasteiger charge is 2.27. The van der Waals surface area contributed by atoms with Gasteiger partial charge in [-0.3, -0.25) is 9.89 Å². The molecule has 0 atom stereocenters. The van der Waals surface area contributed by atoms with E-state index in [9.17, 15) is 0 Å². The van der Waals surface area contributed by atoms with Gasteiger partial charge in [-0.1, -0.05) is 6.92 Å². The van der Waals surface area contributed by atoms with E-state index in [1.807, 2.05) is 0 Å². The minimum absolute atomic E-state index is 0.860. The van der Waals surface area contributed by atoms with Gasteiger partial charge in [0.05, 0.1) is 0 Å². The van der Waals surface area contributed by atoms with Gasteiger partial charge in [0.25, 0.3) is 0 Å². The first-order chi connectivity index (χ1) is 8.83. The zero-order valence-electron chi connectivity index (χ0n) is 11.9. The number of nitrogens with one attached hydrogen (secondary N) is 2. The molecule has 0 aliphatic heterocycles. The molecule has 0 radical (unpaired) electrons. The third-order valence-corrected chi connectivity index (χ3v) is 3.71. The molecule has 0 aromatic carbocycles. The summed E-state index contributed by atoms with van der Waals surface area (Å²) in [5.41, 5.74) is 0. The summed E-state index contributed by atoms with van der Waals surface area (Å²) in [5.74, 6) is 1.86. The quantitative estimate of drug-likeness (QED) is 0.507. The number of rotatable bonds is 8.